The van der Waals surface area contributed by atoms with Crippen molar-refractivity contribution in [2.75, 3.05) is 4.90 Å². The number of thiophene rings is 1. The number of amides is 1. The van der Waals surface area contributed by atoms with E-state index in [1.807, 2.05) is 48.7 Å². The Kier molecular flexibility index (Phi) is 5.34. The number of rotatable bonds is 5. The molecule has 0 spiro atoms. The van der Waals surface area contributed by atoms with E-state index in [-0.39, 0.29) is 11.4 Å². The molecule has 0 radical (unpaired) electrons. The van der Waals surface area contributed by atoms with E-state index in [1.165, 1.54) is 27.6 Å². The van der Waals surface area contributed by atoms with E-state index in [1.54, 1.807) is 6.92 Å². The molecule has 1 amide bonds. The molecule has 5 nitrogen and oxygen atoms in total. The summed E-state index contributed by atoms with van der Waals surface area (Å²) in [6, 6.07) is 10.8. The zero-order valence-electron chi connectivity index (χ0n) is 17.2. The summed E-state index contributed by atoms with van der Waals surface area (Å²) in [4.78, 5) is 33.7. The van der Waals surface area contributed by atoms with Crippen LogP contribution >= 0.6 is 22.7 Å². The van der Waals surface area contributed by atoms with Gasteiger partial charge in [0.05, 0.1) is 21.2 Å². The molecule has 0 saturated carbocycles. The summed E-state index contributed by atoms with van der Waals surface area (Å²) in [5.41, 5.74) is 2.53. The van der Waals surface area contributed by atoms with Gasteiger partial charge in [-0.1, -0.05) is 32.0 Å². The van der Waals surface area contributed by atoms with Gasteiger partial charge < -0.3 is 5.11 Å². The first-order valence-corrected chi connectivity index (χ1v) is 11.4. The fraction of sp³-hybridized carbons (Fsp3) is 0.261. The van der Waals surface area contributed by atoms with Gasteiger partial charge in [-0.05, 0) is 48.9 Å². The number of aliphatic hydroxyl groups excluding tert-OH is 1. The molecule has 1 N–H and O–H groups in total. The van der Waals surface area contributed by atoms with Crippen LogP contribution in [0.5, 0.6) is 0 Å². The topological polar surface area (TPSA) is 70.5 Å². The van der Waals surface area contributed by atoms with Gasteiger partial charge in [0, 0.05) is 10.6 Å². The van der Waals surface area contributed by atoms with Gasteiger partial charge in [0.15, 0.2) is 5.76 Å². The molecule has 0 fully saturated rings. The van der Waals surface area contributed by atoms with Crippen molar-refractivity contribution in [1.82, 2.24) is 4.98 Å². The molecule has 3 aromatic rings. The van der Waals surface area contributed by atoms with E-state index in [0.29, 0.717) is 22.2 Å². The lowest BCUT2D eigenvalue weighted by Gasteiger charge is -2.26. The van der Waals surface area contributed by atoms with Crippen LogP contribution in [0, 0.1) is 13.8 Å². The molecule has 2 aromatic heterocycles. The molecule has 3 heterocycles. The number of hydrogen-bond acceptors (Lipinski definition) is 6. The summed E-state index contributed by atoms with van der Waals surface area (Å²) in [5, 5.41) is 13.5. The molecule has 1 atom stereocenters. The number of hydrogen-bond donors (Lipinski definition) is 1. The first-order chi connectivity index (χ1) is 14.3. The molecule has 0 saturated heterocycles. The number of ketones is 1. The van der Waals surface area contributed by atoms with Crippen LogP contribution in [0.15, 0.2) is 53.1 Å². The van der Waals surface area contributed by atoms with Crippen molar-refractivity contribution in [3.05, 3.63) is 79.1 Å². The standard InChI is InChI=1S/C23H22N2O3S2/c1-12(2)15-7-9-16(10-8-15)25-19(17-6-5-11-29-17)18(21(27)23(25)28)20(26)22-13(3)24-14(4)30-22/h5-12,19,27H,1-4H3. The van der Waals surface area contributed by atoms with Crippen LogP contribution in [-0.4, -0.2) is 21.8 Å². The highest BCUT2D eigenvalue weighted by molar-refractivity contribution is 7.14. The molecule has 30 heavy (non-hydrogen) atoms. The smallest absolute Gasteiger partial charge is 0.294 e. The largest absolute Gasteiger partial charge is 0.503 e. The Balaban J connectivity index is 1.83. The molecule has 1 aliphatic rings. The third kappa shape index (κ3) is 3.38. The Morgan fingerprint density at radius 1 is 1.17 bits per heavy atom. The third-order valence-electron chi connectivity index (χ3n) is 5.21. The number of Topliss-reactive ketones (excluding diaryl/α,β-unsaturated/α-hetero) is 1. The van der Waals surface area contributed by atoms with Crippen molar-refractivity contribution in [2.45, 2.75) is 39.7 Å². The Bertz CT molecular complexity index is 1140. The van der Waals surface area contributed by atoms with Crippen LogP contribution in [0.1, 0.15) is 56.6 Å². The summed E-state index contributed by atoms with van der Waals surface area (Å²) in [7, 11) is 0. The maximum atomic E-state index is 13.4. The maximum Gasteiger partial charge on any atom is 0.294 e. The van der Waals surface area contributed by atoms with Crippen LogP contribution in [0.3, 0.4) is 0 Å². The summed E-state index contributed by atoms with van der Waals surface area (Å²) in [5.74, 6) is -1.03. The lowest BCUT2D eigenvalue weighted by molar-refractivity contribution is -0.117. The zero-order chi connectivity index (χ0) is 21.6. The van der Waals surface area contributed by atoms with Gasteiger partial charge >= 0.3 is 0 Å². The summed E-state index contributed by atoms with van der Waals surface area (Å²) < 4.78 is 0. The van der Waals surface area contributed by atoms with Gasteiger partial charge in [0.1, 0.15) is 6.04 Å². The molecule has 1 unspecified atom stereocenters. The third-order valence-corrected chi connectivity index (χ3v) is 7.21. The van der Waals surface area contributed by atoms with E-state index in [4.69, 9.17) is 0 Å². The second kappa shape index (κ2) is 7.81. The number of thiazole rings is 1. The van der Waals surface area contributed by atoms with E-state index in [2.05, 4.69) is 18.8 Å². The van der Waals surface area contributed by atoms with Crippen LogP contribution in [0.4, 0.5) is 5.69 Å². The summed E-state index contributed by atoms with van der Waals surface area (Å²) in [6.07, 6.45) is 0. The molecule has 1 aromatic carbocycles. The Labute approximate surface area is 183 Å². The molecular formula is C23H22N2O3S2. The highest BCUT2D eigenvalue weighted by Crippen LogP contribution is 2.44. The number of aromatic nitrogens is 1. The van der Waals surface area contributed by atoms with Crippen LogP contribution in [-0.2, 0) is 4.79 Å². The van der Waals surface area contributed by atoms with E-state index < -0.39 is 17.7 Å². The number of nitrogens with zero attached hydrogens (tertiary/aromatic N) is 2. The highest BCUT2D eigenvalue weighted by atomic mass is 32.1. The van der Waals surface area contributed by atoms with Gasteiger partial charge in [-0.2, -0.15) is 0 Å². The summed E-state index contributed by atoms with van der Waals surface area (Å²) in [6.45, 7) is 7.82. The Hall–Kier alpha value is -2.77. The monoisotopic (exact) mass is 438 g/mol. The molecular weight excluding hydrogens is 416 g/mol. The summed E-state index contributed by atoms with van der Waals surface area (Å²) >= 11 is 2.73. The number of carbonyl (C=O) groups excluding carboxylic acids is 2. The molecule has 0 bridgehead atoms. The van der Waals surface area contributed by atoms with E-state index in [9.17, 15) is 14.7 Å². The predicted octanol–water partition coefficient (Wildman–Crippen LogP) is 5.73. The number of carbonyl (C=O) groups is 2. The van der Waals surface area contributed by atoms with Crippen LogP contribution in [0.2, 0.25) is 0 Å². The van der Waals surface area contributed by atoms with Crippen molar-refractivity contribution in [1.29, 1.82) is 0 Å². The molecule has 1 aliphatic heterocycles. The number of aliphatic hydroxyl groups is 1. The van der Waals surface area contributed by atoms with Gasteiger partial charge in [0.25, 0.3) is 5.91 Å². The lowest BCUT2D eigenvalue weighted by atomic mass is 9.99. The molecule has 0 aliphatic carbocycles. The molecule has 4 rings (SSSR count). The minimum atomic E-state index is -0.670. The fourth-order valence-electron chi connectivity index (χ4n) is 3.70. The van der Waals surface area contributed by atoms with Gasteiger partial charge in [-0.25, -0.2) is 4.98 Å². The van der Waals surface area contributed by atoms with Gasteiger partial charge in [-0.3, -0.25) is 14.5 Å². The minimum Gasteiger partial charge on any atom is -0.503 e. The Morgan fingerprint density at radius 2 is 1.87 bits per heavy atom. The Morgan fingerprint density at radius 3 is 2.40 bits per heavy atom. The predicted molar refractivity (Wildman–Crippen MR) is 121 cm³/mol. The lowest BCUT2D eigenvalue weighted by Crippen LogP contribution is -2.30. The normalized spacial score (nSPS) is 16.8. The minimum absolute atomic E-state index is 0.113. The SMILES string of the molecule is Cc1nc(C)c(C(=O)C2=C(O)C(=O)N(c3ccc(C(C)C)cc3)C2c2cccs2)s1. The maximum absolute atomic E-state index is 13.4. The first kappa shape index (κ1) is 20.5. The van der Waals surface area contributed by atoms with Crippen molar-refractivity contribution in [3.63, 3.8) is 0 Å². The zero-order valence-corrected chi connectivity index (χ0v) is 18.8. The van der Waals surface area contributed by atoms with Crippen molar-refractivity contribution < 1.29 is 14.7 Å². The van der Waals surface area contributed by atoms with Crippen LogP contribution < -0.4 is 4.90 Å². The second-order valence-electron chi connectivity index (χ2n) is 7.58. The quantitative estimate of drug-likeness (QED) is 0.517. The van der Waals surface area contributed by atoms with Gasteiger partial charge in [0.2, 0.25) is 5.78 Å². The highest BCUT2D eigenvalue weighted by Gasteiger charge is 2.45. The van der Waals surface area contributed by atoms with Crippen molar-refractivity contribution in [2.24, 2.45) is 0 Å². The fourth-order valence-corrected chi connectivity index (χ4v) is 5.40. The van der Waals surface area contributed by atoms with Gasteiger partial charge in [-0.15, -0.1) is 22.7 Å². The first-order valence-electron chi connectivity index (χ1n) is 9.68. The number of aryl methyl sites for hydroxylation is 2. The molecule has 7 heteroatoms. The average molecular weight is 439 g/mol. The second-order valence-corrected chi connectivity index (χ2v) is 9.76. The molecule has 154 valence electrons. The number of anilines is 1. The average Bonchev–Trinajstić information content (AvgIpc) is 3.41. The van der Waals surface area contributed by atoms with Crippen molar-refractivity contribution >= 4 is 40.1 Å². The van der Waals surface area contributed by atoms with E-state index in [0.717, 1.165) is 15.4 Å². The number of benzene rings is 1. The van der Waals surface area contributed by atoms with Crippen molar-refractivity contribution in [3.8, 4) is 0 Å². The van der Waals surface area contributed by atoms with E-state index >= 15 is 0 Å². The van der Waals surface area contributed by atoms with Crippen LogP contribution in [0.25, 0.3) is 0 Å².